The molecular formula is C17H17N3O2S. The summed E-state index contributed by atoms with van der Waals surface area (Å²) in [5.74, 6) is -0.384. The predicted octanol–water partition coefficient (Wildman–Crippen LogP) is 3.03. The van der Waals surface area contributed by atoms with Crippen molar-refractivity contribution >= 4 is 22.2 Å². The summed E-state index contributed by atoms with van der Waals surface area (Å²) in [7, 11) is 0. The highest BCUT2D eigenvalue weighted by Crippen LogP contribution is 2.18. The molecule has 0 saturated heterocycles. The van der Waals surface area contributed by atoms with Crippen molar-refractivity contribution in [2.75, 3.05) is 0 Å². The zero-order chi connectivity index (χ0) is 16.2. The van der Waals surface area contributed by atoms with Crippen molar-refractivity contribution in [3.8, 4) is 0 Å². The second-order valence-electron chi connectivity index (χ2n) is 5.26. The van der Waals surface area contributed by atoms with Crippen LogP contribution in [-0.2, 0) is 0 Å². The van der Waals surface area contributed by atoms with E-state index in [1.165, 1.54) is 21.9 Å². The summed E-state index contributed by atoms with van der Waals surface area (Å²) >= 11 is 1.36. The van der Waals surface area contributed by atoms with Gasteiger partial charge in [0.25, 0.3) is 11.5 Å². The second-order valence-corrected chi connectivity index (χ2v) is 6.13. The first-order valence-electron chi connectivity index (χ1n) is 7.51. The average molecular weight is 327 g/mol. The van der Waals surface area contributed by atoms with Crippen LogP contribution in [0.2, 0.25) is 0 Å². The van der Waals surface area contributed by atoms with E-state index in [0.717, 1.165) is 18.4 Å². The van der Waals surface area contributed by atoms with Crippen LogP contribution in [-0.4, -0.2) is 15.3 Å². The quantitative estimate of drug-likeness (QED) is 0.783. The predicted molar refractivity (Wildman–Crippen MR) is 90.9 cm³/mol. The van der Waals surface area contributed by atoms with Gasteiger partial charge in [-0.2, -0.15) is 0 Å². The zero-order valence-electron chi connectivity index (χ0n) is 12.7. The number of carbonyl (C=O) groups excluding carboxylic acids is 1. The molecule has 2 aromatic heterocycles. The van der Waals surface area contributed by atoms with Crippen LogP contribution in [0.1, 0.15) is 41.7 Å². The first-order valence-corrected chi connectivity index (χ1v) is 8.39. The van der Waals surface area contributed by atoms with E-state index in [4.69, 9.17) is 0 Å². The normalized spacial score (nSPS) is 12.2. The van der Waals surface area contributed by atoms with Crippen molar-refractivity contribution < 1.29 is 4.79 Å². The van der Waals surface area contributed by atoms with Crippen LogP contribution >= 0.6 is 11.3 Å². The van der Waals surface area contributed by atoms with Crippen molar-refractivity contribution in [1.29, 1.82) is 0 Å². The molecule has 0 radical (unpaired) electrons. The third kappa shape index (κ3) is 3.17. The summed E-state index contributed by atoms with van der Waals surface area (Å²) in [6, 6.07) is 9.67. The van der Waals surface area contributed by atoms with Crippen LogP contribution in [0.3, 0.4) is 0 Å². The van der Waals surface area contributed by atoms with Crippen molar-refractivity contribution in [3.63, 3.8) is 0 Å². The Labute approximate surface area is 137 Å². The van der Waals surface area contributed by atoms with Gasteiger partial charge in [-0.3, -0.25) is 14.0 Å². The van der Waals surface area contributed by atoms with E-state index in [0.29, 0.717) is 4.96 Å². The Balaban J connectivity index is 1.89. The minimum atomic E-state index is -0.384. The SMILES string of the molecule is CCCC(NC(=O)c1cnc2sccn2c1=O)c1ccccc1. The molecule has 5 nitrogen and oxygen atoms in total. The molecule has 0 spiro atoms. The van der Waals surface area contributed by atoms with E-state index in [9.17, 15) is 9.59 Å². The molecule has 6 heteroatoms. The summed E-state index contributed by atoms with van der Waals surface area (Å²) in [6.07, 6.45) is 4.73. The maximum absolute atomic E-state index is 12.5. The molecule has 0 saturated carbocycles. The van der Waals surface area contributed by atoms with Crippen molar-refractivity contribution in [1.82, 2.24) is 14.7 Å². The molecule has 3 rings (SSSR count). The fourth-order valence-corrected chi connectivity index (χ4v) is 3.19. The molecule has 3 aromatic rings. The summed E-state index contributed by atoms with van der Waals surface area (Å²) in [5.41, 5.74) is 0.766. The standard InChI is InChI=1S/C17H17N3O2S/c1-2-6-14(12-7-4-3-5-8-12)19-15(21)13-11-18-17-20(16(13)22)9-10-23-17/h3-5,7-11,14H,2,6H2,1H3,(H,19,21). The fourth-order valence-electron chi connectivity index (χ4n) is 2.51. The van der Waals surface area contributed by atoms with Crippen molar-refractivity contribution in [2.45, 2.75) is 25.8 Å². The van der Waals surface area contributed by atoms with Crippen molar-refractivity contribution in [3.05, 3.63) is 69.6 Å². The number of aromatic nitrogens is 2. The van der Waals surface area contributed by atoms with Gasteiger partial charge in [-0.15, -0.1) is 11.3 Å². The molecule has 118 valence electrons. The van der Waals surface area contributed by atoms with Gasteiger partial charge in [0, 0.05) is 17.8 Å². The lowest BCUT2D eigenvalue weighted by molar-refractivity contribution is 0.0932. The zero-order valence-corrected chi connectivity index (χ0v) is 13.5. The Hall–Kier alpha value is -2.47. The van der Waals surface area contributed by atoms with Gasteiger partial charge in [-0.05, 0) is 12.0 Å². The van der Waals surface area contributed by atoms with Gasteiger partial charge in [0.1, 0.15) is 5.56 Å². The van der Waals surface area contributed by atoms with E-state index >= 15 is 0 Å². The number of carbonyl (C=O) groups is 1. The van der Waals surface area contributed by atoms with Crippen molar-refractivity contribution in [2.24, 2.45) is 0 Å². The minimum absolute atomic E-state index is 0.0675. The number of hydrogen-bond acceptors (Lipinski definition) is 4. The van der Waals surface area contributed by atoms with Gasteiger partial charge in [0.15, 0.2) is 4.96 Å². The molecule has 0 fully saturated rings. The van der Waals surface area contributed by atoms with Crippen LogP contribution < -0.4 is 10.9 Å². The molecule has 1 unspecified atom stereocenters. The molecule has 1 aromatic carbocycles. The van der Waals surface area contributed by atoms with Gasteiger partial charge in [0.05, 0.1) is 6.04 Å². The molecule has 1 N–H and O–H groups in total. The topological polar surface area (TPSA) is 63.5 Å². The Morgan fingerprint density at radius 1 is 1.35 bits per heavy atom. The lowest BCUT2D eigenvalue weighted by Crippen LogP contribution is -2.33. The van der Waals surface area contributed by atoms with Crippen LogP contribution in [0.15, 0.2) is 52.9 Å². The summed E-state index contributed by atoms with van der Waals surface area (Å²) in [5, 5.41) is 4.73. The maximum Gasteiger partial charge on any atom is 0.271 e. The molecule has 1 amide bonds. The van der Waals surface area contributed by atoms with Gasteiger partial charge in [-0.25, -0.2) is 4.98 Å². The smallest absolute Gasteiger partial charge is 0.271 e. The monoisotopic (exact) mass is 327 g/mol. The Bertz CT molecular complexity index is 870. The summed E-state index contributed by atoms with van der Waals surface area (Å²) in [4.78, 5) is 29.7. The number of rotatable bonds is 5. The molecular weight excluding hydrogens is 310 g/mol. The Kier molecular flexibility index (Phi) is 4.52. The van der Waals surface area contributed by atoms with Crippen LogP contribution in [0, 0.1) is 0 Å². The molecule has 1 atom stereocenters. The molecule has 0 aliphatic rings. The second kappa shape index (κ2) is 6.75. The lowest BCUT2D eigenvalue weighted by Gasteiger charge is -2.18. The highest BCUT2D eigenvalue weighted by atomic mass is 32.1. The number of hydrogen-bond donors (Lipinski definition) is 1. The Morgan fingerprint density at radius 3 is 2.87 bits per heavy atom. The molecule has 2 heterocycles. The first-order chi connectivity index (χ1) is 11.2. The highest BCUT2D eigenvalue weighted by Gasteiger charge is 2.18. The van der Waals surface area contributed by atoms with Gasteiger partial charge in [-0.1, -0.05) is 43.7 Å². The van der Waals surface area contributed by atoms with E-state index < -0.39 is 0 Å². The van der Waals surface area contributed by atoms with Crippen LogP contribution in [0.25, 0.3) is 4.96 Å². The minimum Gasteiger partial charge on any atom is -0.345 e. The molecule has 0 aliphatic carbocycles. The number of benzene rings is 1. The fraction of sp³-hybridized carbons (Fsp3) is 0.235. The largest absolute Gasteiger partial charge is 0.345 e. The number of amides is 1. The van der Waals surface area contributed by atoms with E-state index in [1.807, 2.05) is 30.3 Å². The molecule has 23 heavy (non-hydrogen) atoms. The van der Waals surface area contributed by atoms with E-state index in [2.05, 4.69) is 17.2 Å². The van der Waals surface area contributed by atoms with Crippen LogP contribution in [0.5, 0.6) is 0 Å². The molecule has 0 bridgehead atoms. The molecule has 0 aliphatic heterocycles. The number of nitrogens with zero attached hydrogens (tertiary/aromatic N) is 2. The van der Waals surface area contributed by atoms with Gasteiger partial charge < -0.3 is 5.32 Å². The van der Waals surface area contributed by atoms with E-state index in [-0.39, 0.29) is 23.1 Å². The summed E-state index contributed by atoms with van der Waals surface area (Å²) in [6.45, 7) is 2.07. The third-order valence-electron chi connectivity index (χ3n) is 3.67. The average Bonchev–Trinajstić information content (AvgIpc) is 3.05. The third-order valence-corrected chi connectivity index (χ3v) is 4.44. The number of thiazole rings is 1. The first kappa shape index (κ1) is 15.4. The van der Waals surface area contributed by atoms with Crippen LogP contribution in [0.4, 0.5) is 0 Å². The summed E-state index contributed by atoms with van der Waals surface area (Å²) < 4.78 is 1.40. The van der Waals surface area contributed by atoms with E-state index in [1.54, 1.807) is 11.6 Å². The maximum atomic E-state index is 12.5. The lowest BCUT2D eigenvalue weighted by atomic mass is 10.0. The van der Waals surface area contributed by atoms with Gasteiger partial charge >= 0.3 is 0 Å². The number of nitrogens with one attached hydrogen (secondary N) is 1. The number of fused-ring (bicyclic) bond motifs is 1. The Morgan fingerprint density at radius 2 is 2.13 bits per heavy atom. The van der Waals surface area contributed by atoms with Gasteiger partial charge in [0.2, 0.25) is 0 Å². The highest BCUT2D eigenvalue weighted by molar-refractivity contribution is 7.15.